The van der Waals surface area contributed by atoms with Crippen molar-refractivity contribution in [3.05, 3.63) is 59.4 Å². The van der Waals surface area contributed by atoms with E-state index in [1.54, 1.807) is 52.0 Å². The summed E-state index contributed by atoms with van der Waals surface area (Å²) in [6.07, 6.45) is 2.20. The van der Waals surface area contributed by atoms with Crippen LogP contribution in [0, 0.1) is 35.5 Å². The molecule has 61 heavy (non-hydrogen) atoms. The Balaban J connectivity index is 2.00. The van der Waals surface area contributed by atoms with Gasteiger partial charge in [-0.05, 0) is 52.5 Å². The van der Waals surface area contributed by atoms with Crippen molar-refractivity contribution in [2.75, 3.05) is 14.2 Å². The molecule has 2 fully saturated rings. The maximum atomic E-state index is 13.9. The number of cyclic esters (lactones) is 1. The molecule has 0 aromatic carbocycles. The SMILES string of the molecule is C/C=C/[C@H]1O[C@@](O)([C@@H](C)[C@H](O)[C@H](C)C2OC(=O)/C(OC)=C/C(C)=C/[C@@H](C)[C@@H](O)C(CC)[C@@H](O)[C@H](C)C/C(C)=C/C=C[C@@H]2OC)C[C@@H](O[C@H]2C[C@@H](O)[C@H](OC(N)=O)[C@@H](C)O2)[C@@H]1C. The van der Waals surface area contributed by atoms with E-state index < -0.39 is 97.0 Å². The Morgan fingerprint density at radius 1 is 1.10 bits per heavy atom. The second kappa shape index (κ2) is 23.5. The first-order valence-electron chi connectivity index (χ1n) is 21.7. The first-order valence-corrected chi connectivity index (χ1v) is 21.7. The second-order valence-corrected chi connectivity index (χ2v) is 17.5. The number of esters is 1. The van der Waals surface area contributed by atoms with Gasteiger partial charge in [-0.25, -0.2) is 9.59 Å². The summed E-state index contributed by atoms with van der Waals surface area (Å²) in [5, 5.41) is 58.0. The summed E-state index contributed by atoms with van der Waals surface area (Å²) >= 11 is 0. The Morgan fingerprint density at radius 2 is 1.77 bits per heavy atom. The summed E-state index contributed by atoms with van der Waals surface area (Å²) < 4.78 is 41.4. The third-order valence-electron chi connectivity index (χ3n) is 12.8. The van der Waals surface area contributed by atoms with E-state index in [0.717, 1.165) is 5.57 Å². The summed E-state index contributed by atoms with van der Waals surface area (Å²) in [5.41, 5.74) is 6.78. The molecule has 0 aromatic rings. The molecule has 0 aliphatic carbocycles. The fourth-order valence-corrected chi connectivity index (χ4v) is 8.94. The number of ether oxygens (including phenoxy) is 7. The lowest BCUT2D eigenvalue weighted by Crippen LogP contribution is -2.59. The van der Waals surface area contributed by atoms with Crippen LogP contribution in [0.15, 0.2) is 59.4 Å². The molecule has 348 valence electrons. The third kappa shape index (κ3) is 13.7. The number of allylic oxidation sites excluding steroid dienone is 6. The van der Waals surface area contributed by atoms with Crippen LogP contribution in [0.3, 0.4) is 0 Å². The fourth-order valence-electron chi connectivity index (χ4n) is 8.94. The second-order valence-electron chi connectivity index (χ2n) is 17.5. The Labute approximate surface area is 362 Å². The van der Waals surface area contributed by atoms with E-state index in [1.807, 2.05) is 53.7 Å². The molecule has 0 aromatic heterocycles. The van der Waals surface area contributed by atoms with Crippen molar-refractivity contribution in [2.45, 2.75) is 168 Å². The summed E-state index contributed by atoms with van der Waals surface area (Å²) in [7, 11) is 2.81. The molecule has 3 aliphatic heterocycles. The normalized spacial score (nSPS) is 41.7. The molecular formula is C46H75NO14. The highest BCUT2D eigenvalue weighted by atomic mass is 16.7. The van der Waals surface area contributed by atoms with Gasteiger partial charge in [0.25, 0.3) is 0 Å². The topological polar surface area (TPSA) is 226 Å². The molecule has 3 aliphatic rings. The van der Waals surface area contributed by atoms with Crippen LogP contribution in [-0.4, -0.2) is 125 Å². The van der Waals surface area contributed by atoms with Crippen molar-refractivity contribution in [3.8, 4) is 0 Å². The van der Waals surface area contributed by atoms with Gasteiger partial charge in [-0.15, -0.1) is 0 Å². The van der Waals surface area contributed by atoms with E-state index >= 15 is 0 Å². The molecule has 3 rings (SSSR count). The number of primary amides is 1. The minimum atomic E-state index is -1.97. The lowest BCUT2D eigenvalue weighted by atomic mass is 9.77. The monoisotopic (exact) mass is 866 g/mol. The van der Waals surface area contributed by atoms with Gasteiger partial charge in [0.1, 0.15) is 12.2 Å². The van der Waals surface area contributed by atoms with Gasteiger partial charge >= 0.3 is 12.1 Å². The van der Waals surface area contributed by atoms with Gasteiger partial charge in [-0.2, -0.15) is 0 Å². The van der Waals surface area contributed by atoms with E-state index in [2.05, 4.69) is 0 Å². The predicted molar refractivity (Wildman–Crippen MR) is 228 cm³/mol. The average molecular weight is 866 g/mol. The van der Waals surface area contributed by atoms with Crippen LogP contribution < -0.4 is 5.73 Å². The number of nitrogens with two attached hydrogens (primary N) is 1. The Hall–Kier alpha value is -3.12. The first-order chi connectivity index (χ1) is 28.6. The van der Waals surface area contributed by atoms with Crippen molar-refractivity contribution in [2.24, 2.45) is 41.2 Å². The molecule has 15 heteroatoms. The molecule has 2 unspecified atom stereocenters. The molecule has 2 saturated heterocycles. The van der Waals surface area contributed by atoms with Gasteiger partial charge in [0.05, 0.1) is 49.8 Å². The van der Waals surface area contributed by atoms with Crippen LogP contribution in [0.1, 0.15) is 94.9 Å². The Bertz CT molecular complexity index is 1570. The lowest BCUT2D eigenvalue weighted by Gasteiger charge is -2.49. The van der Waals surface area contributed by atoms with Gasteiger partial charge in [-0.3, -0.25) is 0 Å². The molecule has 7 N–H and O–H groups in total. The van der Waals surface area contributed by atoms with Crippen LogP contribution in [0.4, 0.5) is 4.79 Å². The van der Waals surface area contributed by atoms with Gasteiger partial charge in [0.2, 0.25) is 5.76 Å². The molecule has 0 spiro atoms. The van der Waals surface area contributed by atoms with Gasteiger partial charge in [0, 0.05) is 49.5 Å². The molecule has 0 radical (unpaired) electrons. The van der Waals surface area contributed by atoms with Crippen molar-refractivity contribution in [1.29, 1.82) is 0 Å². The van der Waals surface area contributed by atoms with E-state index in [4.69, 9.17) is 38.9 Å². The van der Waals surface area contributed by atoms with Crippen LogP contribution >= 0.6 is 0 Å². The van der Waals surface area contributed by atoms with Gasteiger partial charge < -0.3 is 64.4 Å². The first kappa shape index (κ1) is 52.2. The summed E-state index contributed by atoms with van der Waals surface area (Å²) in [6, 6.07) is 0. The zero-order chi connectivity index (χ0) is 45.9. The Kier molecular flexibility index (Phi) is 20.1. The van der Waals surface area contributed by atoms with Gasteiger partial charge in [-0.1, -0.05) is 89.1 Å². The Morgan fingerprint density at radius 3 is 2.34 bits per heavy atom. The molecule has 18 atom stereocenters. The zero-order valence-corrected chi connectivity index (χ0v) is 38.2. The maximum absolute atomic E-state index is 13.9. The number of rotatable bonds is 11. The minimum Gasteiger partial charge on any atom is -0.490 e. The van der Waals surface area contributed by atoms with Gasteiger partial charge in [0.15, 0.2) is 18.2 Å². The number of aliphatic hydroxyl groups excluding tert-OH is 4. The molecule has 0 saturated carbocycles. The van der Waals surface area contributed by atoms with E-state index in [1.165, 1.54) is 20.3 Å². The molecule has 15 nitrogen and oxygen atoms in total. The standard InChI is InChI=1S/C46H75NO14/c1-13-16-34-28(7)37(58-38-22-33(48)43(31(10)57-38)60-45(47)53)23-46(54,61-34)30(9)41(51)29(8)42-35(55-11)18-15-17-24(3)19-26(5)39(49)32(14-2)40(50)27(6)20-25(4)21-36(56-12)44(52)59-42/h13,15-18,20-21,26-35,37-43,48-51,54H,14,19,22-23H2,1-12H3,(H2,47,53)/b16-13+,18-15?,24-17+,25-20+,36-21-/t26-,27-,28-,29+,30+,31-,32?,33-,34-,35+,37-,38+,39+,40-,41-,42?,43-,46-/m1/s1. The van der Waals surface area contributed by atoms with E-state index in [9.17, 15) is 35.1 Å². The smallest absolute Gasteiger partial charge is 0.404 e. The third-order valence-corrected chi connectivity index (χ3v) is 12.8. The molecule has 1 amide bonds. The van der Waals surface area contributed by atoms with E-state index in [-0.39, 0.29) is 42.3 Å². The largest absolute Gasteiger partial charge is 0.490 e. The fraction of sp³-hybridized carbons (Fsp3) is 0.739. The van der Waals surface area contributed by atoms with Crippen molar-refractivity contribution < 1.29 is 68.3 Å². The predicted octanol–water partition coefficient (Wildman–Crippen LogP) is 4.98. The van der Waals surface area contributed by atoms with Crippen molar-refractivity contribution in [1.82, 2.24) is 0 Å². The number of hydrogen-bond acceptors (Lipinski definition) is 14. The van der Waals surface area contributed by atoms with Crippen molar-refractivity contribution >= 4 is 12.1 Å². The van der Waals surface area contributed by atoms with E-state index in [0.29, 0.717) is 18.4 Å². The number of hydrogen-bond donors (Lipinski definition) is 6. The molecule has 3 heterocycles. The minimum absolute atomic E-state index is 0.0313. The maximum Gasteiger partial charge on any atom is 0.404 e. The number of methoxy groups -OCH3 is 2. The van der Waals surface area contributed by atoms with Crippen LogP contribution in [-0.2, 0) is 38.0 Å². The molecule has 0 bridgehead atoms. The number of amides is 1. The summed E-state index contributed by atoms with van der Waals surface area (Å²) in [4.78, 5) is 25.4. The average Bonchev–Trinajstić information content (AvgIpc) is 3.19. The lowest BCUT2D eigenvalue weighted by molar-refractivity contribution is -0.338. The number of carbonyl (C=O) groups excluding carboxylic acids is 2. The summed E-state index contributed by atoms with van der Waals surface area (Å²) in [6.45, 7) is 18.2. The zero-order valence-electron chi connectivity index (χ0n) is 38.2. The molecular weight excluding hydrogens is 790 g/mol. The van der Waals surface area contributed by atoms with Crippen molar-refractivity contribution in [3.63, 3.8) is 0 Å². The quantitative estimate of drug-likeness (QED) is 0.119. The number of aliphatic hydroxyl groups is 5. The summed E-state index contributed by atoms with van der Waals surface area (Å²) in [5.74, 6) is -6.00. The van der Waals surface area contributed by atoms with Crippen LogP contribution in [0.5, 0.6) is 0 Å². The van der Waals surface area contributed by atoms with Crippen LogP contribution in [0.2, 0.25) is 0 Å². The highest BCUT2D eigenvalue weighted by Crippen LogP contribution is 2.42. The number of carbonyl (C=O) groups is 2. The van der Waals surface area contributed by atoms with Crippen LogP contribution in [0.25, 0.3) is 0 Å². The highest BCUT2D eigenvalue weighted by Gasteiger charge is 2.52. The highest BCUT2D eigenvalue weighted by molar-refractivity contribution is 5.87.